The fraction of sp³-hybridized carbons (Fsp3) is 0.467. The number of carbonyl (C=O) groups is 1. The maximum atomic E-state index is 13.3. The third kappa shape index (κ3) is 2.15. The van der Waals surface area contributed by atoms with E-state index in [1.165, 1.54) is 12.1 Å². The van der Waals surface area contributed by atoms with Gasteiger partial charge in [-0.2, -0.15) is 5.10 Å². The zero-order valence-electron chi connectivity index (χ0n) is 11.1. The molecule has 2 aliphatic rings. The maximum Gasteiger partial charge on any atom is 0.144 e. The molecule has 1 aromatic rings. The first kappa shape index (κ1) is 12.3. The van der Waals surface area contributed by atoms with E-state index in [-0.39, 0.29) is 29.0 Å². The highest BCUT2D eigenvalue weighted by Crippen LogP contribution is 2.39. The summed E-state index contributed by atoms with van der Waals surface area (Å²) in [6.45, 7) is 4.20. The van der Waals surface area contributed by atoms with E-state index in [9.17, 15) is 9.18 Å². The van der Waals surface area contributed by atoms with Crippen LogP contribution in [0.5, 0.6) is 0 Å². The Hall–Kier alpha value is -1.71. The third-order valence-electron chi connectivity index (χ3n) is 3.94. The molecule has 1 heterocycles. The van der Waals surface area contributed by atoms with Gasteiger partial charge in [-0.3, -0.25) is 4.79 Å². The summed E-state index contributed by atoms with van der Waals surface area (Å²) < 4.78 is 13.3. The molecule has 4 heteroatoms. The van der Waals surface area contributed by atoms with Crippen molar-refractivity contribution in [2.45, 2.75) is 32.7 Å². The average Bonchev–Trinajstić information content (AvgIpc) is 2.71. The Morgan fingerprint density at radius 2 is 2.21 bits per heavy atom. The summed E-state index contributed by atoms with van der Waals surface area (Å²) >= 11 is 0. The Kier molecular flexibility index (Phi) is 2.69. The highest BCUT2D eigenvalue weighted by Gasteiger charge is 2.46. The summed E-state index contributed by atoms with van der Waals surface area (Å²) in [6, 6.07) is 6.34. The van der Waals surface area contributed by atoms with E-state index in [4.69, 9.17) is 0 Å². The summed E-state index contributed by atoms with van der Waals surface area (Å²) in [7, 11) is 0. The van der Waals surface area contributed by atoms with E-state index in [1.54, 1.807) is 12.1 Å². The molecule has 1 fully saturated rings. The average molecular weight is 260 g/mol. The first-order valence-corrected chi connectivity index (χ1v) is 6.58. The number of hydrazone groups is 1. The molecule has 19 heavy (non-hydrogen) atoms. The number of nitrogens with zero attached hydrogens (tertiary/aromatic N) is 1. The zero-order valence-corrected chi connectivity index (χ0v) is 11.1. The monoisotopic (exact) mass is 260 g/mol. The smallest absolute Gasteiger partial charge is 0.144 e. The number of carbonyl (C=O) groups excluding carboxylic acids is 1. The minimum Gasteiger partial charge on any atom is -0.306 e. The quantitative estimate of drug-likeness (QED) is 0.843. The Labute approximate surface area is 111 Å². The van der Waals surface area contributed by atoms with E-state index < -0.39 is 0 Å². The molecule has 3 nitrogen and oxygen atoms in total. The van der Waals surface area contributed by atoms with E-state index in [0.717, 1.165) is 6.42 Å². The van der Waals surface area contributed by atoms with Crippen LogP contribution in [-0.2, 0) is 4.79 Å². The first-order chi connectivity index (χ1) is 8.96. The van der Waals surface area contributed by atoms with Crippen molar-refractivity contribution < 1.29 is 9.18 Å². The summed E-state index contributed by atoms with van der Waals surface area (Å²) in [4.78, 5) is 12.3. The molecule has 1 N–H and O–H groups in total. The normalized spacial score (nSPS) is 28.6. The minimum absolute atomic E-state index is 0.0121. The van der Waals surface area contributed by atoms with Crippen molar-refractivity contribution in [3.8, 4) is 0 Å². The van der Waals surface area contributed by atoms with Gasteiger partial charge in [0.1, 0.15) is 11.6 Å². The predicted molar refractivity (Wildman–Crippen MR) is 71.4 cm³/mol. The molecule has 0 amide bonds. The third-order valence-corrected chi connectivity index (χ3v) is 3.94. The van der Waals surface area contributed by atoms with Gasteiger partial charge in [0.15, 0.2) is 0 Å². The Balaban J connectivity index is 1.93. The number of hydrogen-bond donors (Lipinski definition) is 1. The van der Waals surface area contributed by atoms with Crippen LogP contribution < -0.4 is 5.43 Å². The van der Waals surface area contributed by atoms with Gasteiger partial charge in [0, 0.05) is 12.0 Å². The maximum absolute atomic E-state index is 13.3. The number of fused-ring (bicyclic) bond motifs is 1. The summed E-state index contributed by atoms with van der Waals surface area (Å²) in [5.74, 6) is -0.323. The Morgan fingerprint density at radius 1 is 1.42 bits per heavy atom. The van der Waals surface area contributed by atoms with Crippen LogP contribution in [0.15, 0.2) is 29.4 Å². The zero-order chi connectivity index (χ0) is 13.6. The largest absolute Gasteiger partial charge is 0.306 e. The lowest BCUT2D eigenvalue weighted by molar-refractivity contribution is -0.126. The molecule has 0 saturated heterocycles. The Bertz CT molecular complexity index is 565. The Morgan fingerprint density at radius 3 is 2.95 bits per heavy atom. The highest BCUT2D eigenvalue weighted by molar-refractivity contribution is 6.15. The molecule has 2 atom stereocenters. The van der Waals surface area contributed by atoms with Gasteiger partial charge in [-0.25, -0.2) is 4.39 Å². The lowest BCUT2D eigenvalue weighted by atomic mass is 9.68. The van der Waals surface area contributed by atoms with Crippen molar-refractivity contribution >= 4 is 11.5 Å². The van der Waals surface area contributed by atoms with Gasteiger partial charge >= 0.3 is 0 Å². The molecule has 1 saturated carbocycles. The molecule has 0 bridgehead atoms. The van der Waals surface area contributed by atoms with Crippen LogP contribution >= 0.6 is 0 Å². The fourth-order valence-corrected chi connectivity index (χ4v) is 3.17. The van der Waals surface area contributed by atoms with Crippen molar-refractivity contribution in [3.63, 3.8) is 0 Å². The van der Waals surface area contributed by atoms with Crippen LogP contribution in [0.3, 0.4) is 0 Å². The van der Waals surface area contributed by atoms with Gasteiger partial charge in [-0.05, 0) is 24.0 Å². The number of ketones is 1. The van der Waals surface area contributed by atoms with Gasteiger partial charge in [-0.1, -0.05) is 26.0 Å². The lowest BCUT2D eigenvalue weighted by Crippen LogP contribution is -2.45. The van der Waals surface area contributed by atoms with Gasteiger partial charge in [0.25, 0.3) is 0 Å². The van der Waals surface area contributed by atoms with Crippen molar-refractivity contribution in [1.82, 2.24) is 5.43 Å². The van der Waals surface area contributed by atoms with E-state index in [2.05, 4.69) is 24.4 Å². The topological polar surface area (TPSA) is 41.5 Å². The van der Waals surface area contributed by atoms with Crippen LogP contribution in [0.2, 0.25) is 0 Å². The number of halogens is 1. The van der Waals surface area contributed by atoms with Crippen LogP contribution in [0.1, 0.15) is 32.3 Å². The van der Waals surface area contributed by atoms with E-state index >= 15 is 0 Å². The number of benzene rings is 1. The second kappa shape index (κ2) is 4.15. The van der Waals surface area contributed by atoms with Crippen molar-refractivity contribution in [2.24, 2.45) is 16.4 Å². The molecule has 1 aromatic carbocycles. The van der Waals surface area contributed by atoms with Crippen LogP contribution in [0, 0.1) is 17.2 Å². The van der Waals surface area contributed by atoms with Crippen molar-refractivity contribution in [1.29, 1.82) is 0 Å². The van der Waals surface area contributed by atoms with Crippen LogP contribution in [0.4, 0.5) is 4.39 Å². The van der Waals surface area contributed by atoms with Gasteiger partial charge in [0.2, 0.25) is 0 Å². The number of rotatable bonds is 1. The SMILES string of the molecule is CC1(C)CC(=O)[C@@H]2C(c3cccc(F)c3)=NN[C@H]2C1. The molecule has 3 rings (SSSR count). The standard InChI is InChI=1S/C15H17FN2O/c1-15(2)7-11-13(12(19)8-15)14(18-17-11)9-4-3-5-10(16)6-9/h3-6,11,13,17H,7-8H2,1-2H3/t11-,13+/m0/s1. The predicted octanol–water partition coefficient (Wildman–Crippen LogP) is 2.51. The molecule has 0 aromatic heterocycles. The summed E-state index contributed by atoms with van der Waals surface area (Å²) in [6.07, 6.45) is 1.47. The molecule has 1 aliphatic carbocycles. The summed E-state index contributed by atoms with van der Waals surface area (Å²) in [5.41, 5.74) is 4.46. The second-order valence-corrected chi connectivity index (χ2v) is 6.23. The highest BCUT2D eigenvalue weighted by atomic mass is 19.1. The molecule has 0 radical (unpaired) electrons. The molecular formula is C15H17FN2O. The molecule has 0 unspecified atom stereocenters. The van der Waals surface area contributed by atoms with Gasteiger partial charge < -0.3 is 5.43 Å². The first-order valence-electron chi connectivity index (χ1n) is 6.58. The van der Waals surface area contributed by atoms with E-state index in [0.29, 0.717) is 17.7 Å². The number of hydrogen-bond acceptors (Lipinski definition) is 3. The van der Waals surface area contributed by atoms with Crippen LogP contribution in [-0.4, -0.2) is 17.5 Å². The lowest BCUT2D eigenvalue weighted by Gasteiger charge is -2.36. The molecule has 0 spiro atoms. The summed E-state index contributed by atoms with van der Waals surface area (Å²) in [5, 5.41) is 4.29. The molecular weight excluding hydrogens is 243 g/mol. The minimum atomic E-state index is -0.299. The van der Waals surface area contributed by atoms with Crippen molar-refractivity contribution in [3.05, 3.63) is 35.6 Å². The number of Topliss-reactive ketones (excluding diaryl/α,β-unsaturated/α-hetero) is 1. The molecule has 1 aliphatic heterocycles. The second-order valence-electron chi connectivity index (χ2n) is 6.23. The van der Waals surface area contributed by atoms with Crippen LogP contribution in [0.25, 0.3) is 0 Å². The van der Waals surface area contributed by atoms with E-state index in [1.807, 2.05) is 0 Å². The van der Waals surface area contributed by atoms with Crippen molar-refractivity contribution in [2.75, 3.05) is 0 Å². The fourth-order valence-electron chi connectivity index (χ4n) is 3.17. The van der Waals surface area contributed by atoms with Gasteiger partial charge in [-0.15, -0.1) is 0 Å². The molecule has 100 valence electrons. The number of nitrogens with one attached hydrogen (secondary N) is 1. The van der Waals surface area contributed by atoms with Gasteiger partial charge in [0.05, 0.1) is 17.7 Å².